The molecule has 0 aliphatic heterocycles. The van der Waals surface area contributed by atoms with Crippen molar-refractivity contribution >= 4 is 5.78 Å². The van der Waals surface area contributed by atoms with Crippen molar-refractivity contribution in [1.29, 1.82) is 0 Å². The minimum absolute atomic E-state index is 0.179. The summed E-state index contributed by atoms with van der Waals surface area (Å²) in [5, 5.41) is 9.80. The first-order valence-electron chi connectivity index (χ1n) is 5.03. The van der Waals surface area contributed by atoms with Crippen LogP contribution in [-0.2, 0) is 11.2 Å². The van der Waals surface area contributed by atoms with E-state index in [1.165, 1.54) is 12.5 Å². The maximum absolute atomic E-state index is 11.0. The van der Waals surface area contributed by atoms with Gasteiger partial charge in [-0.1, -0.05) is 37.8 Å². The Morgan fingerprint density at radius 1 is 1.40 bits per heavy atom. The molecule has 1 aromatic rings. The number of aliphatic hydroxyl groups is 1. The zero-order chi connectivity index (χ0) is 11.4. The third kappa shape index (κ3) is 2.77. The molecule has 0 aromatic heterocycles. The molecule has 0 bridgehead atoms. The molecule has 0 spiro atoms. The van der Waals surface area contributed by atoms with Gasteiger partial charge in [0.1, 0.15) is 6.10 Å². The Balaban J connectivity index is 2.87. The van der Waals surface area contributed by atoms with Crippen LogP contribution in [0.5, 0.6) is 0 Å². The molecule has 80 valence electrons. The number of hydrogen-bond donors (Lipinski definition) is 1. The predicted octanol–water partition coefficient (Wildman–Crippen LogP) is 2.43. The van der Waals surface area contributed by atoms with Crippen molar-refractivity contribution < 1.29 is 9.90 Å². The number of carbonyl (C=O) groups is 1. The quantitative estimate of drug-likeness (QED) is 0.765. The summed E-state index contributed by atoms with van der Waals surface area (Å²) >= 11 is 0. The van der Waals surface area contributed by atoms with E-state index in [-0.39, 0.29) is 11.4 Å². The second kappa shape index (κ2) is 4.89. The van der Waals surface area contributed by atoms with Gasteiger partial charge in [-0.15, -0.1) is 0 Å². The predicted molar refractivity (Wildman–Crippen MR) is 60.6 cm³/mol. The number of aliphatic hydroxyl groups excluding tert-OH is 1. The minimum Gasteiger partial charge on any atom is -0.384 e. The highest BCUT2D eigenvalue weighted by atomic mass is 16.3. The smallest absolute Gasteiger partial charge is 0.158 e. The first-order chi connectivity index (χ1) is 7.06. The van der Waals surface area contributed by atoms with Crippen molar-refractivity contribution in [3.8, 4) is 0 Å². The molecular weight excluding hydrogens is 188 g/mol. The number of Topliss-reactive ketones (excluding diaryl/α,β-unsaturated/α-hetero) is 1. The maximum atomic E-state index is 11.0. The molecule has 0 saturated heterocycles. The van der Waals surface area contributed by atoms with Gasteiger partial charge in [-0.2, -0.15) is 0 Å². The SMILES string of the molecule is C=C(C(C)=O)C(O)c1ccc(CC)cc1. The lowest BCUT2D eigenvalue weighted by Crippen LogP contribution is -2.07. The third-order valence-corrected chi connectivity index (χ3v) is 2.49. The summed E-state index contributed by atoms with van der Waals surface area (Å²) in [5.74, 6) is -0.179. The van der Waals surface area contributed by atoms with Crippen LogP contribution < -0.4 is 0 Å². The molecule has 1 atom stereocenters. The Hall–Kier alpha value is -1.41. The van der Waals surface area contributed by atoms with E-state index in [0.29, 0.717) is 5.56 Å². The lowest BCUT2D eigenvalue weighted by Gasteiger charge is -2.11. The molecule has 1 aromatic carbocycles. The van der Waals surface area contributed by atoms with Crippen molar-refractivity contribution in [2.45, 2.75) is 26.4 Å². The van der Waals surface area contributed by atoms with E-state index in [9.17, 15) is 9.90 Å². The van der Waals surface area contributed by atoms with E-state index in [2.05, 4.69) is 13.5 Å². The molecule has 15 heavy (non-hydrogen) atoms. The average molecular weight is 204 g/mol. The fourth-order valence-corrected chi connectivity index (χ4v) is 1.33. The topological polar surface area (TPSA) is 37.3 Å². The Kier molecular flexibility index (Phi) is 3.81. The van der Waals surface area contributed by atoms with Crippen molar-refractivity contribution in [1.82, 2.24) is 0 Å². The molecule has 0 heterocycles. The molecule has 0 aliphatic carbocycles. The van der Waals surface area contributed by atoms with Gasteiger partial charge in [0.05, 0.1) is 0 Å². The second-order valence-corrected chi connectivity index (χ2v) is 3.58. The number of hydrogen-bond acceptors (Lipinski definition) is 2. The van der Waals surface area contributed by atoms with E-state index < -0.39 is 6.10 Å². The van der Waals surface area contributed by atoms with Gasteiger partial charge >= 0.3 is 0 Å². The number of carbonyl (C=O) groups excluding carboxylic acids is 1. The molecular formula is C13H16O2. The molecule has 0 saturated carbocycles. The van der Waals surface area contributed by atoms with Gasteiger partial charge in [0.2, 0.25) is 0 Å². The molecule has 0 aliphatic rings. The van der Waals surface area contributed by atoms with Crippen LogP contribution in [0.25, 0.3) is 0 Å². The largest absolute Gasteiger partial charge is 0.384 e. The first kappa shape index (κ1) is 11.7. The maximum Gasteiger partial charge on any atom is 0.158 e. The van der Waals surface area contributed by atoms with Crippen molar-refractivity contribution in [2.75, 3.05) is 0 Å². The van der Waals surface area contributed by atoms with Crippen LogP contribution in [0.15, 0.2) is 36.4 Å². The standard InChI is InChI=1S/C13H16O2/c1-4-11-5-7-12(8-6-11)13(15)9(2)10(3)14/h5-8,13,15H,2,4H2,1,3H3. The monoisotopic (exact) mass is 204 g/mol. The summed E-state index contributed by atoms with van der Waals surface area (Å²) in [4.78, 5) is 11.0. The molecule has 2 nitrogen and oxygen atoms in total. The average Bonchev–Trinajstić information content (AvgIpc) is 2.27. The molecule has 1 unspecified atom stereocenters. The van der Waals surface area contributed by atoms with Crippen LogP contribution in [0.3, 0.4) is 0 Å². The molecule has 1 N–H and O–H groups in total. The Labute approximate surface area is 90.3 Å². The molecule has 2 heteroatoms. The van der Waals surface area contributed by atoms with Crippen molar-refractivity contribution in [3.05, 3.63) is 47.5 Å². The molecule has 0 fully saturated rings. The fraction of sp³-hybridized carbons (Fsp3) is 0.308. The van der Waals surface area contributed by atoms with Crippen LogP contribution in [0.1, 0.15) is 31.1 Å². The van der Waals surface area contributed by atoms with E-state index in [4.69, 9.17) is 0 Å². The molecule has 0 radical (unpaired) electrons. The molecule has 0 amide bonds. The normalized spacial score (nSPS) is 12.2. The van der Waals surface area contributed by atoms with Crippen LogP contribution >= 0.6 is 0 Å². The van der Waals surface area contributed by atoms with E-state index in [1.54, 1.807) is 0 Å². The Bertz CT molecular complexity index is 363. The van der Waals surface area contributed by atoms with Crippen LogP contribution in [0.2, 0.25) is 0 Å². The van der Waals surface area contributed by atoms with Crippen LogP contribution in [0.4, 0.5) is 0 Å². The van der Waals surface area contributed by atoms with Gasteiger partial charge in [-0.3, -0.25) is 4.79 Å². The zero-order valence-electron chi connectivity index (χ0n) is 9.16. The summed E-state index contributed by atoms with van der Waals surface area (Å²) in [6.07, 6.45) is 0.0812. The molecule has 1 rings (SSSR count). The summed E-state index contributed by atoms with van der Waals surface area (Å²) in [5.41, 5.74) is 2.16. The highest BCUT2D eigenvalue weighted by Crippen LogP contribution is 2.21. The zero-order valence-corrected chi connectivity index (χ0v) is 9.16. The lowest BCUT2D eigenvalue weighted by molar-refractivity contribution is -0.114. The fourth-order valence-electron chi connectivity index (χ4n) is 1.33. The van der Waals surface area contributed by atoms with Crippen molar-refractivity contribution in [3.63, 3.8) is 0 Å². The highest BCUT2D eigenvalue weighted by molar-refractivity contribution is 5.93. The number of rotatable bonds is 4. The van der Waals surface area contributed by atoms with E-state index in [0.717, 1.165) is 6.42 Å². The minimum atomic E-state index is -0.881. The Morgan fingerprint density at radius 2 is 1.93 bits per heavy atom. The van der Waals surface area contributed by atoms with Gasteiger partial charge in [0, 0.05) is 5.57 Å². The van der Waals surface area contributed by atoms with Gasteiger partial charge in [-0.25, -0.2) is 0 Å². The summed E-state index contributed by atoms with van der Waals surface area (Å²) in [6.45, 7) is 7.05. The lowest BCUT2D eigenvalue weighted by atomic mass is 9.99. The van der Waals surface area contributed by atoms with Crippen LogP contribution in [-0.4, -0.2) is 10.9 Å². The van der Waals surface area contributed by atoms with E-state index >= 15 is 0 Å². The number of ketones is 1. The van der Waals surface area contributed by atoms with Crippen LogP contribution in [0, 0.1) is 0 Å². The summed E-state index contributed by atoms with van der Waals surface area (Å²) in [7, 11) is 0. The van der Waals surface area contributed by atoms with Gasteiger partial charge < -0.3 is 5.11 Å². The second-order valence-electron chi connectivity index (χ2n) is 3.58. The number of benzene rings is 1. The van der Waals surface area contributed by atoms with E-state index in [1.807, 2.05) is 24.3 Å². The van der Waals surface area contributed by atoms with Gasteiger partial charge in [0.25, 0.3) is 0 Å². The highest BCUT2D eigenvalue weighted by Gasteiger charge is 2.14. The third-order valence-electron chi connectivity index (χ3n) is 2.49. The number of aryl methyl sites for hydroxylation is 1. The Morgan fingerprint density at radius 3 is 2.33 bits per heavy atom. The van der Waals surface area contributed by atoms with Gasteiger partial charge in [0.15, 0.2) is 5.78 Å². The summed E-state index contributed by atoms with van der Waals surface area (Å²) < 4.78 is 0. The van der Waals surface area contributed by atoms with Gasteiger partial charge in [-0.05, 0) is 24.5 Å². The van der Waals surface area contributed by atoms with Crippen molar-refractivity contribution in [2.24, 2.45) is 0 Å². The first-order valence-corrected chi connectivity index (χ1v) is 5.03. The summed E-state index contributed by atoms with van der Waals surface area (Å²) in [6, 6.07) is 7.56.